The molecule has 0 aliphatic rings. The first-order chi connectivity index (χ1) is 5.90. The van der Waals surface area contributed by atoms with Crippen molar-refractivity contribution in [2.75, 3.05) is 0 Å². The summed E-state index contributed by atoms with van der Waals surface area (Å²) >= 11 is 0. The lowest BCUT2D eigenvalue weighted by Gasteiger charge is -1.96. The summed E-state index contributed by atoms with van der Waals surface area (Å²) in [6, 6.07) is 10.1. The minimum absolute atomic E-state index is 1.03. The second-order valence-corrected chi connectivity index (χ2v) is 2.66. The number of rotatable bonds is 1. The molecule has 0 radical (unpaired) electrons. The molecule has 0 saturated heterocycles. The number of aromatic nitrogens is 1. The summed E-state index contributed by atoms with van der Waals surface area (Å²) in [5, 5.41) is 1.16. The van der Waals surface area contributed by atoms with Gasteiger partial charge in [0.25, 0.3) is 0 Å². The molecule has 2 rings (SSSR count). The van der Waals surface area contributed by atoms with Crippen molar-refractivity contribution in [1.82, 2.24) is 4.98 Å². The van der Waals surface area contributed by atoms with E-state index in [1.807, 2.05) is 24.3 Å². The highest BCUT2D eigenvalue weighted by Gasteiger charge is 1.92. The summed E-state index contributed by atoms with van der Waals surface area (Å²) in [5.74, 6) is 0. The zero-order chi connectivity index (χ0) is 8.39. The van der Waals surface area contributed by atoms with Crippen molar-refractivity contribution < 1.29 is 0 Å². The highest BCUT2D eigenvalue weighted by Crippen LogP contribution is 2.13. The third kappa shape index (κ3) is 1.10. The Morgan fingerprint density at radius 3 is 3.00 bits per heavy atom. The molecule has 12 heavy (non-hydrogen) atoms. The molecule has 0 saturated carbocycles. The molecule has 0 spiro atoms. The van der Waals surface area contributed by atoms with Gasteiger partial charge in [0, 0.05) is 11.6 Å². The molecule has 0 aliphatic carbocycles. The molecule has 1 heteroatoms. The Hall–Kier alpha value is -1.63. The molecule has 1 aromatic carbocycles. The first-order valence-corrected chi connectivity index (χ1v) is 3.87. The second-order valence-electron chi connectivity index (χ2n) is 2.66. The normalized spacial score (nSPS) is 10.0. The van der Waals surface area contributed by atoms with Crippen LogP contribution in [0.15, 0.2) is 43.1 Å². The van der Waals surface area contributed by atoms with Crippen LogP contribution in [0.1, 0.15) is 5.56 Å². The van der Waals surface area contributed by atoms with E-state index in [9.17, 15) is 0 Å². The standard InChI is InChI=1S/C11H9N/c1-2-9-5-6-11-10(8-9)4-3-7-12-11/h2-8H,1H2. The van der Waals surface area contributed by atoms with E-state index in [-0.39, 0.29) is 0 Å². The highest BCUT2D eigenvalue weighted by molar-refractivity contribution is 5.80. The lowest BCUT2D eigenvalue weighted by Crippen LogP contribution is -1.77. The van der Waals surface area contributed by atoms with Crippen molar-refractivity contribution >= 4 is 17.0 Å². The lowest BCUT2D eigenvalue weighted by molar-refractivity contribution is 1.41. The Balaban J connectivity index is 2.75. The van der Waals surface area contributed by atoms with Gasteiger partial charge >= 0.3 is 0 Å². The number of nitrogens with zero attached hydrogens (tertiary/aromatic N) is 1. The summed E-state index contributed by atoms with van der Waals surface area (Å²) in [5.41, 5.74) is 2.17. The summed E-state index contributed by atoms with van der Waals surface area (Å²) < 4.78 is 0. The van der Waals surface area contributed by atoms with E-state index < -0.39 is 0 Å². The van der Waals surface area contributed by atoms with E-state index in [0.29, 0.717) is 0 Å². The number of hydrogen-bond acceptors (Lipinski definition) is 1. The van der Waals surface area contributed by atoms with E-state index in [0.717, 1.165) is 16.5 Å². The van der Waals surface area contributed by atoms with Crippen molar-refractivity contribution in [2.24, 2.45) is 0 Å². The van der Waals surface area contributed by atoms with Crippen molar-refractivity contribution in [2.45, 2.75) is 0 Å². The Morgan fingerprint density at radius 2 is 2.17 bits per heavy atom. The van der Waals surface area contributed by atoms with Crippen LogP contribution in [-0.4, -0.2) is 4.98 Å². The van der Waals surface area contributed by atoms with Gasteiger partial charge in [0.15, 0.2) is 0 Å². The molecule has 0 atom stereocenters. The second kappa shape index (κ2) is 2.78. The van der Waals surface area contributed by atoms with Gasteiger partial charge in [-0.05, 0) is 23.8 Å². The molecule has 2 aromatic rings. The predicted molar refractivity (Wildman–Crippen MR) is 51.8 cm³/mol. The van der Waals surface area contributed by atoms with Crippen molar-refractivity contribution in [3.8, 4) is 0 Å². The maximum absolute atomic E-state index is 4.22. The number of pyridine rings is 1. The van der Waals surface area contributed by atoms with E-state index >= 15 is 0 Å². The molecule has 1 nitrogen and oxygen atoms in total. The summed E-state index contributed by atoms with van der Waals surface area (Å²) in [6.45, 7) is 3.72. The molecule has 0 unspecified atom stereocenters. The topological polar surface area (TPSA) is 12.9 Å². The minimum atomic E-state index is 1.03. The molecule has 0 fully saturated rings. The van der Waals surface area contributed by atoms with Gasteiger partial charge in [0.2, 0.25) is 0 Å². The van der Waals surface area contributed by atoms with Crippen molar-refractivity contribution in [3.63, 3.8) is 0 Å². The van der Waals surface area contributed by atoms with Crippen LogP contribution in [-0.2, 0) is 0 Å². The van der Waals surface area contributed by atoms with Gasteiger partial charge in [0.1, 0.15) is 0 Å². The summed E-state index contributed by atoms with van der Waals surface area (Å²) in [6.07, 6.45) is 3.64. The largest absolute Gasteiger partial charge is 0.256 e. The lowest BCUT2D eigenvalue weighted by atomic mass is 10.1. The Bertz CT molecular complexity index is 418. The molecule has 58 valence electrons. The maximum atomic E-state index is 4.22. The molecule has 0 bridgehead atoms. The van der Waals surface area contributed by atoms with E-state index in [1.165, 1.54) is 0 Å². The molecular formula is C11H9N. The van der Waals surface area contributed by atoms with Crippen LogP contribution < -0.4 is 0 Å². The van der Waals surface area contributed by atoms with E-state index in [2.05, 4.69) is 23.7 Å². The van der Waals surface area contributed by atoms with Gasteiger partial charge in [-0.3, -0.25) is 4.98 Å². The third-order valence-corrected chi connectivity index (χ3v) is 1.86. The van der Waals surface area contributed by atoms with Gasteiger partial charge in [0.05, 0.1) is 5.52 Å². The van der Waals surface area contributed by atoms with E-state index in [4.69, 9.17) is 0 Å². The van der Waals surface area contributed by atoms with Crippen LogP contribution >= 0.6 is 0 Å². The van der Waals surface area contributed by atoms with Gasteiger partial charge in [-0.1, -0.05) is 24.8 Å². The number of fused-ring (bicyclic) bond motifs is 1. The monoisotopic (exact) mass is 155 g/mol. The van der Waals surface area contributed by atoms with E-state index in [1.54, 1.807) is 6.20 Å². The van der Waals surface area contributed by atoms with Crippen LogP contribution in [0, 0.1) is 0 Å². The van der Waals surface area contributed by atoms with Crippen molar-refractivity contribution in [1.29, 1.82) is 0 Å². The van der Waals surface area contributed by atoms with Gasteiger partial charge < -0.3 is 0 Å². The van der Waals surface area contributed by atoms with Gasteiger partial charge in [-0.2, -0.15) is 0 Å². The summed E-state index contributed by atoms with van der Waals surface area (Å²) in [7, 11) is 0. The average Bonchev–Trinajstić information content (AvgIpc) is 2.17. The molecule has 1 aromatic heterocycles. The van der Waals surface area contributed by atoms with Crippen LogP contribution in [0.2, 0.25) is 0 Å². The Kier molecular flexibility index (Phi) is 1.63. The van der Waals surface area contributed by atoms with Crippen LogP contribution in [0.5, 0.6) is 0 Å². The fraction of sp³-hybridized carbons (Fsp3) is 0. The first kappa shape index (κ1) is 7.04. The minimum Gasteiger partial charge on any atom is -0.256 e. The molecule has 1 heterocycles. The molecule has 0 amide bonds. The third-order valence-electron chi connectivity index (χ3n) is 1.86. The Morgan fingerprint density at radius 1 is 1.25 bits per heavy atom. The molecular weight excluding hydrogens is 146 g/mol. The number of benzene rings is 1. The van der Waals surface area contributed by atoms with Crippen LogP contribution in [0.4, 0.5) is 0 Å². The quantitative estimate of drug-likeness (QED) is 0.617. The van der Waals surface area contributed by atoms with Crippen LogP contribution in [0.25, 0.3) is 17.0 Å². The summed E-state index contributed by atoms with van der Waals surface area (Å²) in [4.78, 5) is 4.22. The SMILES string of the molecule is C=Cc1ccc2ncccc2c1. The maximum Gasteiger partial charge on any atom is 0.0702 e. The zero-order valence-electron chi connectivity index (χ0n) is 6.70. The smallest absolute Gasteiger partial charge is 0.0702 e. The van der Waals surface area contributed by atoms with Crippen molar-refractivity contribution in [3.05, 3.63) is 48.7 Å². The van der Waals surface area contributed by atoms with Gasteiger partial charge in [-0.25, -0.2) is 0 Å². The first-order valence-electron chi connectivity index (χ1n) is 3.87. The molecule has 0 aliphatic heterocycles. The number of hydrogen-bond donors (Lipinski definition) is 0. The van der Waals surface area contributed by atoms with Crippen LogP contribution in [0.3, 0.4) is 0 Å². The molecule has 0 N–H and O–H groups in total. The fourth-order valence-electron chi connectivity index (χ4n) is 1.22. The predicted octanol–water partition coefficient (Wildman–Crippen LogP) is 2.88. The highest BCUT2D eigenvalue weighted by atomic mass is 14.6. The fourth-order valence-corrected chi connectivity index (χ4v) is 1.22. The Labute approximate surface area is 71.4 Å². The average molecular weight is 155 g/mol. The zero-order valence-corrected chi connectivity index (χ0v) is 6.70. The van der Waals surface area contributed by atoms with Gasteiger partial charge in [-0.15, -0.1) is 0 Å².